The molecule has 0 saturated heterocycles. The van der Waals surface area contributed by atoms with Crippen molar-refractivity contribution in [1.29, 1.82) is 0 Å². The zero-order valence-electron chi connectivity index (χ0n) is 16.4. The van der Waals surface area contributed by atoms with Crippen molar-refractivity contribution in [3.8, 4) is 0 Å². The van der Waals surface area contributed by atoms with Gasteiger partial charge in [0.2, 0.25) is 0 Å². The fourth-order valence-corrected chi connectivity index (χ4v) is 3.27. The van der Waals surface area contributed by atoms with E-state index in [0.29, 0.717) is 6.61 Å². The van der Waals surface area contributed by atoms with E-state index in [9.17, 15) is 0 Å². The summed E-state index contributed by atoms with van der Waals surface area (Å²) in [6, 6.07) is 14.6. The van der Waals surface area contributed by atoms with E-state index in [1.807, 2.05) is 29.5 Å². The maximum atomic E-state index is 5.73. The second kappa shape index (κ2) is 14.9. The number of nitrogens with zero attached hydrogens (tertiary/aromatic N) is 2. The van der Waals surface area contributed by atoms with E-state index >= 15 is 0 Å². The minimum absolute atomic E-state index is 0. The molecule has 1 aromatic carbocycles. The molecule has 0 spiro atoms. The van der Waals surface area contributed by atoms with Crippen LogP contribution < -0.4 is 5.32 Å². The van der Waals surface area contributed by atoms with Crippen LogP contribution in [0.1, 0.15) is 30.2 Å². The molecule has 0 unspecified atom stereocenters. The second-order valence-corrected chi connectivity index (χ2v) is 7.26. The number of hydrogen-bond donors (Lipinski definition) is 1. The van der Waals surface area contributed by atoms with Crippen molar-refractivity contribution in [2.24, 2.45) is 4.99 Å². The number of aliphatic imine (C=N–C) groups is 1. The van der Waals surface area contributed by atoms with E-state index in [4.69, 9.17) is 9.73 Å². The topological polar surface area (TPSA) is 36.9 Å². The number of hydrogen-bond acceptors (Lipinski definition) is 3. The molecule has 0 aliphatic rings. The van der Waals surface area contributed by atoms with Crippen LogP contribution in [0.3, 0.4) is 0 Å². The number of unbranched alkanes of at least 4 members (excludes halogenated alkanes) is 1. The van der Waals surface area contributed by atoms with Crippen molar-refractivity contribution in [3.05, 3.63) is 58.3 Å². The van der Waals surface area contributed by atoms with Gasteiger partial charge in [0.05, 0.1) is 6.61 Å². The maximum absolute atomic E-state index is 5.73. The monoisotopic (exact) mass is 501 g/mol. The molecule has 1 aromatic heterocycles. The lowest BCUT2D eigenvalue weighted by atomic mass is 10.2. The number of rotatable bonds is 11. The van der Waals surface area contributed by atoms with Gasteiger partial charge in [-0.25, -0.2) is 0 Å². The summed E-state index contributed by atoms with van der Waals surface area (Å²) in [6.07, 6.45) is 3.14. The highest BCUT2D eigenvalue weighted by Crippen LogP contribution is 2.09. The Bertz CT molecular complexity index is 620. The fraction of sp³-hybridized carbons (Fsp3) is 0.476. The Kier molecular flexibility index (Phi) is 13.2. The van der Waals surface area contributed by atoms with Gasteiger partial charge in [0.15, 0.2) is 5.96 Å². The molecule has 6 heteroatoms. The normalized spacial score (nSPS) is 11.1. The van der Waals surface area contributed by atoms with Gasteiger partial charge in [-0.05, 0) is 43.2 Å². The predicted molar refractivity (Wildman–Crippen MR) is 127 cm³/mol. The van der Waals surface area contributed by atoms with Crippen molar-refractivity contribution in [2.75, 3.05) is 33.3 Å². The Morgan fingerprint density at radius 2 is 1.96 bits per heavy atom. The molecule has 2 aromatic rings. The van der Waals surface area contributed by atoms with Gasteiger partial charge in [-0.2, -0.15) is 0 Å². The average molecular weight is 501 g/mol. The summed E-state index contributed by atoms with van der Waals surface area (Å²) in [5.41, 5.74) is 1.23. The predicted octanol–water partition coefficient (Wildman–Crippen LogP) is 4.80. The van der Waals surface area contributed by atoms with Gasteiger partial charge in [0.25, 0.3) is 0 Å². The lowest BCUT2D eigenvalue weighted by Gasteiger charge is -2.21. The van der Waals surface area contributed by atoms with Crippen LogP contribution in [0.5, 0.6) is 0 Å². The highest BCUT2D eigenvalue weighted by atomic mass is 127. The lowest BCUT2D eigenvalue weighted by molar-refractivity contribution is 0.117. The van der Waals surface area contributed by atoms with Crippen molar-refractivity contribution in [3.63, 3.8) is 0 Å². The van der Waals surface area contributed by atoms with E-state index in [-0.39, 0.29) is 24.0 Å². The first-order chi connectivity index (χ1) is 12.8. The molecule has 4 nitrogen and oxygen atoms in total. The number of ether oxygens (including phenoxy) is 1. The van der Waals surface area contributed by atoms with Crippen LogP contribution in [0.15, 0.2) is 52.8 Å². The molecule has 27 heavy (non-hydrogen) atoms. The highest BCUT2D eigenvalue weighted by Gasteiger charge is 2.05. The molecule has 0 radical (unpaired) electrons. The van der Waals surface area contributed by atoms with Gasteiger partial charge >= 0.3 is 0 Å². The Hall–Kier alpha value is -1.12. The van der Waals surface area contributed by atoms with Crippen molar-refractivity contribution in [1.82, 2.24) is 10.2 Å². The summed E-state index contributed by atoms with van der Waals surface area (Å²) in [5, 5.41) is 5.52. The number of halogens is 1. The van der Waals surface area contributed by atoms with Crippen LogP contribution in [0.25, 0.3) is 0 Å². The first-order valence-corrected chi connectivity index (χ1v) is 10.3. The average Bonchev–Trinajstić information content (AvgIpc) is 3.19. The molecule has 0 bridgehead atoms. The molecule has 0 aliphatic carbocycles. The number of thiophene rings is 1. The van der Waals surface area contributed by atoms with Crippen molar-refractivity contribution < 1.29 is 4.74 Å². The van der Waals surface area contributed by atoms with Gasteiger partial charge in [-0.15, -0.1) is 35.3 Å². The van der Waals surface area contributed by atoms with Gasteiger partial charge < -0.3 is 15.0 Å². The molecule has 2 rings (SSSR count). The van der Waals surface area contributed by atoms with E-state index in [1.165, 1.54) is 10.4 Å². The number of benzene rings is 1. The fourth-order valence-electron chi connectivity index (χ4n) is 2.57. The Morgan fingerprint density at radius 1 is 1.15 bits per heavy atom. The third-order valence-electron chi connectivity index (χ3n) is 4.04. The van der Waals surface area contributed by atoms with E-state index in [2.05, 4.69) is 53.8 Å². The summed E-state index contributed by atoms with van der Waals surface area (Å²) >= 11 is 1.82. The Labute approximate surface area is 185 Å². The standard InChI is InChI=1S/C21H31N3OS.HI/c1-3-22-21(24(2)15-13-20-12-9-17-26-20)23-14-7-8-16-25-18-19-10-5-4-6-11-19;/h4-6,9-12,17H,3,7-8,13-16,18H2,1-2H3,(H,22,23);1H. The zero-order valence-corrected chi connectivity index (χ0v) is 19.5. The molecule has 150 valence electrons. The zero-order chi connectivity index (χ0) is 18.5. The second-order valence-electron chi connectivity index (χ2n) is 6.23. The molecule has 0 amide bonds. The maximum Gasteiger partial charge on any atom is 0.193 e. The smallest absolute Gasteiger partial charge is 0.193 e. The minimum atomic E-state index is 0. The van der Waals surface area contributed by atoms with Crippen LogP contribution >= 0.6 is 35.3 Å². The Balaban J connectivity index is 0.00000364. The van der Waals surface area contributed by atoms with Crippen LogP contribution in [0.2, 0.25) is 0 Å². The summed E-state index contributed by atoms with van der Waals surface area (Å²) in [5.74, 6) is 0.995. The largest absolute Gasteiger partial charge is 0.377 e. The minimum Gasteiger partial charge on any atom is -0.377 e. The molecule has 0 aliphatic heterocycles. The quantitative estimate of drug-likeness (QED) is 0.208. The molecular weight excluding hydrogens is 469 g/mol. The van der Waals surface area contributed by atoms with Crippen LogP contribution in [0, 0.1) is 0 Å². The molecule has 1 heterocycles. The van der Waals surface area contributed by atoms with Crippen LogP contribution in [-0.2, 0) is 17.8 Å². The molecule has 0 fully saturated rings. The first kappa shape index (κ1) is 23.9. The summed E-state index contributed by atoms with van der Waals surface area (Å²) in [7, 11) is 2.11. The molecule has 1 N–H and O–H groups in total. The number of guanidine groups is 1. The molecule has 0 saturated carbocycles. The van der Waals surface area contributed by atoms with Gasteiger partial charge in [-0.3, -0.25) is 4.99 Å². The summed E-state index contributed by atoms with van der Waals surface area (Å²) in [4.78, 5) is 8.39. The number of nitrogens with one attached hydrogen (secondary N) is 1. The van der Waals surface area contributed by atoms with Gasteiger partial charge in [-0.1, -0.05) is 36.4 Å². The van der Waals surface area contributed by atoms with Crippen molar-refractivity contribution in [2.45, 2.75) is 32.8 Å². The van der Waals surface area contributed by atoms with Gasteiger partial charge in [0.1, 0.15) is 0 Å². The summed E-state index contributed by atoms with van der Waals surface area (Å²) < 4.78 is 5.73. The number of likely N-dealkylation sites (N-methyl/N-ethyl adjacent to an activating group) is 1. The van der Waals surface area contributed by atoms with Crippen molar-refractivity contribution >= 4 is 41.3 Å². The van der Waals surface area contributed by atoms with Gasteiger partial charge in [0, 0.05) is 38.2 Å². The highest BCUT2D eigenvalue weighted by molar-refractivity contribution is 14.0. The van der Waals surface area contributed by atoms with E-state index < -0.39 is 0 Å². The van der Waals surface area contributed by atoms with E-state index in [0.717, 1.165) is 51.5 Å². The third kappa shape index (κ3) is 10.1. The SMILES string of the molecule is CCNC(=NCCCCOCc1ccccc1)N(C)CCc1cccs1.I. The van der Waals surface area contributed by atoms with Crippen LogP contribution in [-0.4, -0.2) is 44.1 Å². The third-order valence-corrected chi connectivity index (χ3v) is 4.98. The van der Waals surface area contributed by atoms with Crippen LogP contribution in [0.4, 0.5) is 0 Å². The molecular formula is C21H32IN3OS. The first-order valence-electron chi connectivity index (χ1n) is 9.43. The lowest BCUT2D eigenvalue weighted by Crippen LogP contribution is -2.40. The van der Waals surface area contributed by atoms with E-state index in [1.54, 1.807) is 0 Å². The summed E-state index contributed by atoms with van der Waals surface area (Å²) in [6.45, 7) is 6.29. The molecule has 0 atom stereocenters. The Morgan fingerprint density at radius 3 is 2.67 bits per heavy atom.